The van der Waals surface area contributed by atoms with Crippen LogP contribution in [0.1, 0.15) is 0 Å². The Bertz CT molecular complexity index is 305. The van der Waals surface area contributed by atoms with Crippen molar-refractivity contribution in [3.8, 4) is 0 Å². The summed E-state index contributed by atoms with van der Waals surface area (Å²) in [7, 11) is 1.64. The minimum atomic E-state index is 0.148. The molecule has 0 heterocycles. The van der Waals surface area contributed by atoms with Gasteiger partial charge in [0.05, 0.1) is 15.7 Å². The van der Waals surface area contributed by atoms with Gasteiger partial charge in [-0.05, 0) is 12.1 Å². The third-order valence-electron chi connectivity index (χ3n) is 1.46. The second-order valence-electron chi connectivity index (χ2n) is 2.35. The summed E-state index contributed by atoms with van der Waals surface area (Å²) in [6, 6.07) is 5.16. The van der Waals surface area contributed by atoms with Crippen molar-refractivity contribution in [1.82, 2.24) is 5.32 Å². The second-order valence-corrected chi connectivity index (χ2v) is 3.16. The summed E-state index contributed by atoms with van der Waals surface area (Å²) in [6.45, 7) is 0. The van der Waals surface area contributed by atoms with E-state index >= 15 is 0 Å². The zero-order valence-electron chi connectivity index (χ0n) is 6.99. The zero-order chi connectivity index (χ0) is 9.84. The van der Waals surface area contributed by atoms with E-state index in [0.29, 0.717) is 15.7 Å². The summed E-state index contributed by atoms with van der Waals surface area (Å²) in [5.74, 6) is 0.148. The number of nitrogens with one attached hydrogen (secondary N) is 3. The molecule has 0 unspecified atom stereocenters. The molecule has 5 heteroatoms. The highest BCUT2D eigenvalue weighted by molar-refractivity contribution is 6.39. The molecule has 0 radical (unpaired) electrons. The number of benzene rings is 1. The number of halogens is 2. The van der Waals surface area contributed by atoms with Crippen molar-refractivity contribution in [3.05, 3.63) is 28.2 Å². The molecule has 0 spiro atoms. The van der Waals surface area contributed by atoms with Crippen molar-refractivity contribution < 1.29 is 0 Å². The molecular formula is C8H9Cl2N3. The van der Waals surface area contributed by atoms with E-state index in [4.69, 9.17) is 28.6 Å². The van der Waals surface area contributed by atoms with Crippen LogP contribution in [0.15, 0.2) is 18.2 Å². The minimum Gasteiger partial charge on any atom is -0.359 e. The Labute approximate surface area is 86.6 Å². The minimum absolute atomic E-state index is 0.148. The Balaban J connectivity index is 2.93. The maximum atomic E-state index is 7.33. The summed E-state index contributed by atoms with van der Waals surface area (Å²) in [5.41, 5.74) is 0.546. The summed E-state index contributed by atoms with van der Waals surface area (Å²) in [4.78, 5) is 0. The average Bonchev–Trinajstić information content (AvgIpc) is 2.11. The number of guanidine groups is 1. The highest BCUT2D eigenvalue weighted by Gasteiger charge is 2.05. The van der Waals surface area contributed by atoms with Crippen LogP contribution in [0.3, 0.4) is 0 Å². The van der Waals surface area contributed by atoms with Crippen molar-refractivity contribution in [2.24, 2.45) is 0 Å². The molecule has 70 valence electrons. The molecule has 0 amide bonds. The van der Waals surface area contributed by atoms with Crippen LogP contribution in [0, 0.1) is 5.41 Å². The first-order valence-electron chi connectivity index (χ1n) is 3.62. The van der Waals surface area contributed by atoms with E-state index < -0.39 is 0 Å². The molecule has 1 aromatic carbocycles. The summed E-state index contributed by atoms with van der Waals surface area (Å²) in [5, 5.41) is 13.7. The predicted molar refractivity (Wildman–Crippen MR) is 56.9 cm³/mol. The van der Waals surface area contributed by atoms with Crippen LogP contribution in [-0.2, 0) is 0 Å². The van der Waals surface area contributed by atoms with Gasteiger partial charge in [0.2, 0.25) is 0 Å². The van der Waals surface area contributed by atoms with Gasteiger partial charge in [0.1, 0.15) is 0 Å². The lowest BCUT2D eigenvalue weighted by molar-refractivity contribution is 1.13. The summed E-state index contributed by atoms with van der Waals surface area (Å²) in [6.07, 6.45) is 0. The van der Waals surface area contributed by atoms with Crippen LogP contribution in [-0.4, -0.2) is 13.0 Å². The number of hydrogen-bond donors (Lipinski definition) is 3. The smallest absolute Gasteiger partial charge is 0.192 e. The molecule has 0 fully saturated rings. The highest BCUT2D eigenvalue weighted by atomic mass is 35.5. The molecule has 1 rings (SSSR count). The SMILES string of the molecule is CNC(=N)Nc1c(Cl)cccc1Cl. The van der Waals surface area contributed by atoms with Gasteiger partial charge in [0.25, 0.3) is 0 Å². The first-order valence-corrected chi connectivity index (χ1v) is 4.38. The molecule has 0 aliphatic carbocycles. The maximum absolute atomic E-state index is 7.33. The zero-order valence-corrected chi connectivity index (χ0v) is 8.50. The topological polar surface area (TPSA) is 47.9 Å². The largest absolute Gasteiger partial charge is 0.359 e. The van der Waals surface area contributed by atoms with Crippen molar-refractivity contribution in [3.63, 3.8) is 0 Å². The van der Waals surface area contributed by atoms with Crippen molar-refractivity contribution in [2.45, 2.75) is 0 Å². The van der Waals surface area contributed by atoms with E-state index in [0.717, 1.165) is 0 Å². The van der Waals surface area contributed by atoms with Gasteiger partial charge in [-0.25, -0.2) is 0 Å². The molecule has 3 nitrogen and oxygen atoms in total. The summed E-state index contributed by atoms with van der Waals surface area (Å²) < 4.78 is 0. The van der Waals surface area contributed by atoms with Crippen LogP contribution in [0.25, 0.3) is 0 Å². The van der Waals surface area contributed by atoms with Gasteiger partial charge in [0.15, 0.2) is 5.96 Å². The van der Waals surface area contributed by atoms with Crippen LogP contribution < -0.4 is 10.6 Å². The molecule has 0 saturated heterocycles. The van der Waals surface area contributed by atoms with Gasteiger partial charge in [-0.1, -0.05) is 29.3 Å². The van der Waals surface area contributed by atoms with Gasteiger partial charge >= 0.3 is 0 Å². The molecule has 0 aliphatic rings. The Morgan fingerprint density at radius 1 is 1.31 bits per heavy atom. The second kappa shape index (κ2) is 4.35. The van der Waals surface area contributed by atoms with Crippen LogP contribution in [0.2, 0.25) is 10.0 Å². The van der Waals surface area contributed by atoms with E-state index in [9.17, 15) is 0 Å². The van der Waals surface area contributed by atoms with E-state index in [-0.39, 0.29) is 5.96 Å². The van der Waals surface area contributed by atoms with E-state index in [1.807, 2.05) is 0 Å². The van der Waals surface area contributed by atoms with Gasteiger partial charge in [-0.2, -0.15) is 0 Å². The van der Waals surface area contributed by atoms with E-state index in [1.165, 1.54) is 0 Å². The molecular weight excluding hydrogens is 209 g/mol. The van der Waals surface area contributed by atoms with E-state index in [1.54, 1.807) is 25.2 Å². The Morgan fingerprint density at radius 2 is 1.85 bits per heavy atom. The molecule has 0 aromatic heterocycles. The maximum Gasteiger partial charge on any atom is 0.192 e. The van der Waals surface area contributed by atoms with Gasteiger partial charge in [0, 0.05) is 7.05 Å². The number of para-hydroxylation sites is 1. The summed E-state index contributed by atoms with van der Waals surface area (Å²) >= 11 is 11.7. The van der Waals surface area contributed by atoms with Crippen molar-refractivity contribution in [2.75, 3.05) is 12.4 Å². The van der Waals surface area contributed by atoms with Crippen molar-refractivity contribution in [1.29, 1.82) is 5.41 Å². The van der Waals surface area contributed by atoms with Crippen LogP contribution in [0.4, 0.5) is 5.69 Å². The Kier molecular flexibility index (Phi) is 3.39. The fourth-order valence-electron chi connectivity index (χ4n) is 0.805. The van der Waals surface area contributed by atoms with Gasteiger partial charge in [-0.15, -0.1) is 0 Å². The molecule has 0 aliphatic heterocycles. The normalized spacial score (nSPS) is 9.46. The third kappa shape index (κ3) is 2.50. The fourth-order valence-corrected chi connectivity index (χ4v) is 1.30. The predicted octanol–water partition coefficient (Wildman–Crippen LogP) is 2.56. The Hall–Kier alpha value is -0.930. The highest BCUT2D eigenvalue weighted by Crippen LogP contribution is 2.29. The lowest BCUT2D eigenvalue weighted by atomic mass is 10.3. The first kappa shape index (κ1) is 10.2. The molecule has 3 N–H and O–H groups in total. The molecule has 1 aromatic rings. The molecule has 0 atom stereocenters. The quantitative estimate of drug-likeness (QED) is 0.501. The monoisotopic (exact) mass is 217 g/mol. The first-order chi connectivity index (χ1) is 6.15. The average molecular weight is 218 g/mol. The number of hydrogen-bond acceptors (Lipinski definition) is 1. The lowest BCUT2D eigenvalue weighted by Crippen LogP contribution is -2.25. The Morgan fingerprint density at radius 3 is 2.31 bits per heavy atom. The molecule has 13 heavy (non-hydrogen) atoms. The van der Waals surface area contributed by atoms with Crippen molar-refractivity contribution >= 4 is 34.8 Å². The molecule has 0 saturated carbocycles. The van der Waals surface area contributed by atoms with Crippen LogP contribution >= 0.6 is 23.2 Å². The number of anilines is 1. The lowest BCUT2D eigenvalue weighted by Gasteiger charge is -2.09. The van der Waals surface area contributed by atoms with E-state index in [2.05, 4.69) is 10.6 Å². The fraction of sp³-hybridized carbons (Fsp3) is 0.125. The van der Waals surface area contributed by atoms with Gasteiger partial charge in [-0.3, -0.25) is 5.41 Å². The molecule has 0 bridgehead atoms. The van der Waals surface area contributed by atoms with Crippen LogP contribution in [0.5, 0.6) is 0 Å². The third-order valence-corrected chi connectivity index (χ3v) is 2.09. The standard InChI is InChI=1S/C8H9Cl2N3/c1-12-8(11)13-7-5(9)3-2-4-6(7)10/h2-4H,1H3,(H3,11,12,13). The number of rotatable bonds is 1. The van der Waals surface area contributed by atoms with Gasteiger partial charge < -0.3 is 10.6 Å².